The number of ether oxygens (including phenoxy) is 1. The highest BCUT2D eigenvalue weighted by Gasteiger charge is 2.26. The van der Waals surface area contributed by atoms with E-state index in [2.05, 4.69) is 55.2 Å². The first-order valence-electron chi connectivity index (χ1n) is 7.17. The number of hydrogen-bond acceptors (Lipinski definition) is 4. The maximum Gasteiger partial charge on any atom is 0.309 e. The van der Waals surface area contributed by atoms with E-state index in [1.807, 2.05) is 0 Å². The van der Waals surface area contributed by atoms with E-state index < -0.39 is 0 Å². The van der Waals surface area contributed by atoms with Gasteiger partial charge in [-0.05, 0) is 44.1 Å². The molecule has 0 spiro atoms. The second kappa shape index (κ2) is 6.75. The quantitative estimate of drug-likeness (QED) is 0.745. The molecule has 0 bridgehead atoms. The molecule has 2 rings (SSSR count). The van der Waals surface area contributed by atoms with Crippen LogP contribution in [0.2, 0.25) is 0 Å². The number of hydrogen-bond donors (Lipinski definition) is 0. The van der Waals surface area contributed by atoms with E-state index in [1.54, 1.807) is 0 Å². The molecule has 0 amide bonds. The Morgan fingerprint density at radius 1 is 1.30 bits per heavy atom. The Morgan fingerprint density at radius 2 is 2.10 bits per heavy atom. The standard InChI is InChI=1S/C16H24N2O2/c1-17(2)15-6-4-5-13(11-15)12-18(3)9-7-14-8-10-20-16(14)19/h4-6,11,14H,7-10,12H2,1-3H3/t14-/m0/s1. The maximum absolute atomic E-state index is 11.4. The van der Waals surface area contributed by atoms with Gasteiger partial charge in [0.1, 0.15) is 0 Å². The Bertz CT molecular complexity index is 460. The zero-order valence-electron chi connectivity index (χ0n) is 12.6. The fourth-order valence-corrected chi connectivity index (χ4v) is 2.50. The summed E-state index contributed by atoms with van der Waals surface area (Å²) in [6, 6.07) is 8.55. The molecule has 20 heavy (non-hydrogen) atoms. The summed E-state index contributed by atoms with van der Waals surface area (Å²) >= 11 is 0. The predicted molar refractivity (Wildman–Crippen MR) is 80.8 cm³/mol. The molecular formula is C16H24N2O2. The molecule has 1 saturated heterocycles. The van der Waals surface area contributed by atoms with Crippen molar-refractivity contribution in [3.05, 3.63) is 29.8 Å². The van der Waals surface area contributed by atoms with Gasteiger partial charge in [-0.25, -0.2) is 0 Å². The van der Waals surface area contributed by atoms with Crippen LogP contribution in [0.1, 0.15) is 18.4 Å². The lowest BCUT2D eigenvalue weighted by molar-refractivity contribution is -0.141. The number of benzene rings is 1. The Labute approximate surface area is 121 Å². The molecule has 4 nitrogen and oxygen atoms in total. The third-order valence-electron chi connectivity index (χ3n) is 3.78. The highest BCUT2D eigenvalue weighted by atomic mass is 16.5. The maximum atomic E-state index is 11.4. The topological polar surface area (TPSA) is 32.8 Å². The third kappa shape index (κ3) is 3.97. The summed E-state index contributed by atoms with van der Waals surface area (Å²) in [5.41, 5.74) is 2.52. The summed E-state index contributed by atoms with van der Waals surface area (Å²) in [6.45, 7) is 2.42. The van der Waals surface area contributed by atoms with Crippen LogP contribution in [0, 0.1) is 5.92 Å². The molecule has 1 aromatic rings. The second-order valence-corrected chi connectivity index (χ2v) is 5.74. The van der Waals surface area contributed by atoms with Crippen molar-refractivity contribution in [2.24, 2.45) is 5.92 Å². The number of esters is 1. The van der Waals surface area contributed by atoms with Crippen LogP contribution in [0.15, 0.2) is 24.3 Å². The number of nitrogens with zero attached hydrogens (tertiary/aromatic N) is 2. The molecule has 4 heteroatoms. The van der Waals surface area contributed by atoms with Gasteiger partial charge in [-0.15, -0.1) is 0 Å². The van der Waals surface area contributed by atoms with Gasteiger partial charge in [0.2, 0.25) is 0 Å². The molecule has 1 atom stereocenters. The number of carbonyl (C=O) groups excluding carboxylic acids is 1. The van der Waals surface area contributed by atoms with Crippen LogP contribution in [-0.2, 0) is 16.1 Å². The van der Waals surface area contributed by atoms with Gasteiger partial charge in [0.05, 0.1) is 12.5 Å². The lowest BCUT2D eigenvalue weighted by Gasteiger charge is -2.19. The summed E-state index contributed by atoms with van der Waals surface area (Å²) < 4.78 is 5.00. The SMILES string of the molecule is CN(CC[C@H]1CCOC1=O)Cc1cccc(N(C)C)c1. The van der Waals surface area contributed by atoms with Gasteiger partial charge in [-0.1, -0.05) is 12.1 Å². The Kier molecular flexibility index (Phi) is 5.01. The van der Waals surface area contributed by atoms with Crippen molar-refractivity contribution in [3.8, 4) is 0 Å². The van der Waals surface area contributed by atoms with E-state index in [4.69, 9.17) is 4.74 Å². The van der Waals surface area contributed by atoms with E-state index in [9.17, 15) is 4.79 Å². The van der Waals surface area contributed by atoms with Crippen LogP contribution in [0.25, 0.3) is 0 Å². The van der Waals surface area contributed by atoms with Crippen molar-refractivity contribution in [1.82, 2.24) is 4.90 Å². The summed E-state index contributed by atoms with van der Waals surface area (Å²) in [5, 5.41) is 0. The Hall–Kier alpha value is -1.55. The molecule has 1 heterocycles. The largest absolute Gasteiger partial charge is 0.465 e. The van der Waals surface area contributed by atoms with Crippen molar-refractivity contribution in [2.45, 2.75) is 19.4 Å². The van der Waals surface area contributed by atoms with Crippen LogP contribution in [0.4, 0.5) is 5.69 Å². The van der Waals surface area contributed by atoms with E-state index >= 15 is 0 Å². The highest BCUT2D eigenvalue weighted by molar-refractivity contribution is 5.74. The average Bonchev–Trinajstić information content (AvgIpc) is 2.82. The zero-order chi connectivity index (χ0) is 14.5. The minimum Gasteiger partial charge on any atom is -0.465 e. The molecule has 1 aromatic carbocycles. The second-order valence-electron chi connectivity index (χ2n) is 5.74. The molecule has 0 unspecified atom stereocenters. The van der Waals surface area contributed by atoms with Gasteiger partial charge < -0.3 is 14.5 Å². The lowest BCUT2D eigenvalue weighted by Crippen LogP contribution is -2.23. The Balaban J connectivity index is 1.83. The lowest BCUT2D eigenvalue weighted by atomic mass is 10.0. The molecule has 1 fully saturated rings. The predicted octanol–water partition coefficient (Wildman–Crippen LogP) is 2.14. The molecule has 0 N–H and O–H groups in total. The first-order chi connectivity index (χ1) is 9.56. The van der Waals surface area contributed by atoms with E-state index in [0.717, 1.165) is 25.9 Å². The van der Waals surface area contributed by atoms with Crippen LogP contribution in [0.3, 0.4) is 0 Å². The summed E-state index contributed by atoms with van der Waals surface area (Å²) in [4.78, 5) is 15.8. The number of cyclic esters (lactones) is 1. The molecular weight excluding hydrogens is 252 g/mol. The van der Waals surface area contributed by atoms with Crippen molar-refractivity contribution >= 4 is 11.7 Å². The van der Waals surface area contributed by atoms with E-state index in [1.165, 1.54) is 11.3 Å². The summed E-state index contributed by atoms with van der Waals surface area (Å²) in [6.07, 6.45) is 1.77. The molecule has 0 aliphatic carbocycles. The van der Waals surface area contributed by atoms with Crippen molar-refractivity contribution in [2.75, 3.05) is 39.2 Å². The highest BCUT2D eigenvalue weighted by Crippen LogP contribution is 2.19. The smallest absolute Gasteiger partial charge is 0.309 e. The van der Waals surface area contributed by atoms with Crippen molar-refractivity contribution in [1.29, 1.82) is 0 Å². The normalized spacial score (nSPS) is 18.4. The van der Waals surface area contributed by atoms with Crippen molar-refractivity contribution in [3.63, 3.8) is 0 Å². The minimum absolute atomic E-state index is 0.0204. The van der Waals surface area contributed by atoms with Crippen LogP contribution < -0.4 is 4.90 Å². The average molecular weight is 276 g/mol. The fourth-order valence-electron chi connectivity index (χ4n) is 2.50. The van der Waals surface area contributed by atoms with Crippen LogP contribution >= 0.6 is 0 Å². The monoisotopic (exact) mass is 276 g/mol. The number of carbonyl (C=O) groups is 1. The first kappa shape index (κ1) is 14.9. The van der Waals surface area contributed by atoms with Gasteiger partial charge in [0.25, 0.3) is 0 Å². The minimum atomic E-state index is -0.0204. The number of anilines is 1. The summed E-state index contributed by atoms with van der Waals surface area (Å²) in [5.74, 6) is 0.0820. The molecule has 1 aliphatic rings. The molecule has 110 valence electrons. The van der Waals surface area contributed by atoms with Gasteiger partial charge in [-0.2, -0.15) is 0 Å². The van der Waals surface area contributed by atoms with Gasteiger partial charge in [-0.3, -0.25) is 4.79 Å². The van der Waals surface area contributed by atoms with Gasteiger partial charge in [0, 0.05) is 26.3 Å². The third-order valence-corrected chi connectivity index (χ3v) is 3.78. The van der Waals surface area contributed by atoms with E-state index in [0.29, 0.717) is 6.61 Å². The van der Waals surface area contributed by atoms with E-state index in [-0.39, 0.29) is 11.9 Å². The molecule has 0 radical (unpaired) electrons. The molecule has 0 aromatic heterocycles. The van der Waals surface area contributed by atoms with Crippen LogP contribution in [-0.4, -0.2) is 45.2 Å². The molecule has 1 aliphatic heterocycles. The molecule has 0 saturated carbocycles. The fraction of sp³-hybridized carbons (Fsp3) is 0.562. The number of rotatable bonds is 6. The van der Waals surface area contributed by atoms with Gasteiger partial charge in [0.15, 0.2) is 0 Å². The van der Waals surface area contributed by atoms with Crippen LogP contribution in [0.5, 0.6) is 0 Å². The van der Waals surface area contributed by atoms with Gasteiger partial charge >= 0.3 is 5.97 Å². The Morgan fingerprint density at radius 3 is 2.75 bits per heavy atom. The first-order valence-corrected chi connectivity index (χ1v) is 7.17. The van der Waals surface area contributed by atoms with Crippen molar-refractivity contribution < 1.29 is 9.53 Å². The zero-order valence-corrected chi connectivity index (χ0v) is 12.6. The summed E-state index contributed by atoms with van der Waals surface area (Å²) in [7, 11) is 6.20.